The van der Waals surface area contributed by atoms with E-state index in [1.54, 1.807) is 13.0 Å². The molecule has 2 rings (SSSR count). The highest BCUT2D eigenvalue weighted by Crippen LogP contribution is 2.19. The van der Waals surface area contributed by atoms with Crippen molar-refractivity contribution in [3.05, 3.63) is 69.5 Å². The van der Waals surface area contributed by atoms with E-state index in [1.807, 2.05) is 0 Å². The molecule has 0 unspecified atom stereocenters. The lowest BCUT2D eigenvalue weighted by Crippen LogP contribution is -2.33. The van der Waals surface area contributed by atoms with Crippen molar-refractivity contribution in [2.24, 2.45) is 0 Å². The number of nitro benzene ring substituents is 1. The SMILES string of the molecule is Cc1ccc(C(=O)NCC(=O)Nc2ccccc2F)cc1[N+](=O)[O-]. The first kappa shape index (κ1) is 17.1. The second-order valence-electron chi connectivity index (χ2n) is 4.97. The number of hydrogen-bond acceptors (Lipinski definition) is 4. The molecule has 0 atom stereocenters. The number of carbonyl (C=O) groups excluding carboxylic acids is 2. The van der Waals surface area contributed by atoms with Crippen LogP contribution in [0.25, 0.3) is 0 Å². The van der Waals surface area contributed by atoms with Gasteiger partial charge in [0.05, 0.1) is 17.2 Å². The van der Waals surface area contributed by atoms with Crippen molar-refractivity contribution in [1.29, 1.82) is 0 Å². The summed E-state index contributed by atoms with van der Waals surface area (Å²) in [5.74, 6) is -1.84. The van der Waals surface area contributed by atoms with Crippen molar-refractivity contribution in [2.75, 3.05) is 11.9 Å². The molecule has 2 amide bonds. The van der Waals surface area contributed by atoms with Crippen LogP contribution < -0.4 is 10.6 Å². The molecule has 2 N–H and O–H groups in total. The Morgan fingerprint density at radius 1 is 1.21 bits per heavy atom. The van der Waals surface area contributed by atoms with Gasteiger partial charge in [0.1, 0.15) is 5.82 Å². The van der Waals surface area contributed by atoms with Crippen molar-refractivity contribution in [1.82, 2.24) is 5.32 Å². The highest BCUT2D eigenvalue weighted by atomic mass is 19.1. The molecule has 0 heterocycles. The monoisotopic (exact) mass is 331 g/mol. The van der Waals surface area contributed by atoms with Crippen LogP contribution in [0.1, 0.15) is 15.9 Å². The zero-order valence-electron chi connectivity index (χ0n) is 12.7. The molecule has 2 aromatic rings. The Hall–Kier alpha value is -3.29. The lowest BCUT2D eigenvalue weighted by atomic mass is 10.1. The first-order chi connectivity index (χ1) is 11.4. The molecule has 0 spiro atoms. The molecular formula is C16H14FN3O4. The zero-order valence-corrected chi connectivity index (χ0v) is 12.7. The number of rotatable bonds is 5. The maximum atomic E-state index is 13.4. The minimum absolute atomic E-state index is 0.00252. The predicted octanol–water partition coefficient (Wildman–Crippen LogP) is 2.41. The Balaban J connectivity index is 1.98. The number of para-hydroxylation sites is 1. The van der Waals surface area contributed by atoms with E-state index < -0.39 is 29.1 Å². The average Bonchev–Trinajstić information content (AvgIpc) is 2.55. The van der Waals surface area contributed by atoms with Gasteiger partial charge in [-0.05, 0) is 25.1 Å². The number of aryl methyl sites for hydroxylation is 1. The van der Waals surface area contributed by atoms with Crippen LogP contribution in [-0.2, 0) is 4.79 Å². The molecule has 0 fully saturated rings. The fourth-order valence-electron chi connectivity index (χ4n) is 1.97. The van der Waals surface area contributed by atoms with Gasteiger partial charge in [-0.1, -0.05) is 18.2 Å². The molecule has 0 radical (unpaired) electrons. The van der Waals surface area contributed by atoms with Crippen LogP contribution >= 0.6 is 0 Å². The maximum absolute atomic E-state index is 13.4. The number of hydrogen-bond donors (Lipinski definition) is 2. The molecule has 0 aliphatic heterocycles. The van der Waals surface area contributed by atoms with Gasteiger partial charge in [0, 0.05) is 17.2 Å². The molecule has 7 nitrogen and oxygen atoms in total. The average molecular weight is 331 g/mol. The Labute approximate surface area is 136 Å². The van der Waals surface area contributed by atoms with Crippen molar-refractivity contribution < 1.29 is 18.9 Å². The van der Waals surface area contributed by atoms with Crippen LogP contribution in [0, 0.1) is 22.9 Å². The molecule has 2 aromatic carbocycles. The Bertz CT molecular complexity index is 808. The highest BCUT2D eigenvalue weighted by Gasteiger charge is 2.15. The van der Waals surface area contributed by atoms with E-state index >= 15 is 0 Å². The maximum Gasteiger partial charge on any atom is 0.273 e. The van der Waals surface area contributed by atoms with Gasteiger partial charge in [0.2, 0.25) is 5.91 Å². The first-order valence-corrected chi connectivity index (χ1v) is 6.96. The number of amides is 2. The van der Waals surface area contributed by atoms with Crippen LogP contribution in [0.5, 0.6) is 0 Å². The lowest BCUT2D eigenvalue weighted by Gasteiger charge is -2.08. The van der Waals surface area contributed by atoms with Crippen LogP contribution in [-0.4, -0.2) is 23.3 Å². The predicted molar refractivity (Wildman–Crippen MR) is 85.2 cm³/mol. The van der Waals surface area contributed by atoms with Crippen molar-refractivity contribution in [3.8, 4) is 0 Å². The Morgan fingerprint density at radius 2 is 1.92 bits per heavy atom. The third-order valence-corrected chi connectivity index (χ3v) is 3.23. The molecule has 0 aromatic heterocycles. The molecule has 0 saturated carbocycles. The normalized spacial score (nSPS) is 10.1. The van der Waals surface area contributed by atoms with E-state index in [9.17, 15) is 24.1 Å². The molecule has 0 bridgehead atoms. The van der Waals surface area contributed by atoms with Gasteiger partial charge in [0.25, 0.3) is 11.6 Å². The second-order valence-corrected chi connectivity index (χ2v) is 4.97. The summed E-state index contributed by atoms with van der Waals surface area (Å²) in [6.45, 7) is 1.16. The Kier molecular flexibility index (Phi) is 5.20. The summed E-state index contributed by atoms with van der Waals surface area (Å²) >= 11 is 0. The molecule has 0 aliphatic carbocycles. The van der Waals surface area contributed by atoms with Gasteiger partial charge in [-0.15, -0.1) is 0 Å². The van der Waals surface area contributed by atoms with E-state index in [4.69, 9.17) is 0 Å². The van der Waals surface area contributed by atoms with E-state index in [0.717, 1.165) is 6.07 Å². The van der Waals surface area contributed by atoms with Crippen molar-refractivity contribution in [2.45, 2.75) is 6.92 Å². The Morgan fingerprint density at radius 3 is 2.58 bits per heavy atom. The number of benzene rings is 2. The van der Waals surface area contributed by atoms with Gasteiger partial charge in [-0.3, -0.25) is 19.7 Å². The lowest BCUT2D eigenvalue weighted by molar-refractivity contribution is -0.385. The molecule has 8 heteroatoms. The van der Waals surface area contributed by atoms with Gasteiger partial charge >= 0.3 is 0 Å². The van der Waals surface area contributed by atoms with Crippen LogP contribution in [0.15, 0.2) is 42.5 Å². The largest absolute Gasteiger partial charge is 0.343 e. The molecule has 0 aliphatic rings. The molecule has 24 heavy (non-hydrogen) atoms. The molecule has 0 saturated heterocycles. The van der Waals surface area contributed by atoms with E-state index in [1.165, 1.54) is 30.3 Å². The minimum Gasteiger partial charge on any atom is -0.343 e. The van der Waals surface area contributed by atoms with Crippen LogP contribution in [0.3, 0.4) is 0 Å². The van der Waals surface area contributed by atoms with Gasteiger partial charge in [-0.25, -0.2) is 4.39 Å². The number of halogens is 1. The number of anilines is 1. The summed E-state index contributed by atoms with van der Waals surface area (Å²) in [6, 6.07) is 9.64. The summed E-state index contributed by atoms with van der Waals surface area (Å²) < 4.78 is 13.4. The number of nitrogens with one attached hydrogen (secondary N) is 2. The van der Waals surface area contributed by atoms with Crippen molar-refractivity contribution in [3.63, 3.8) is 0 Å². The molecular weight excluding hydrogens is 317 g/mol. The van der Waals surface area contributed by atoms with Crippen LogP contribution in [0.4, 0.5) is 15.8 Å². The summed E-state index contributed by atoms with van der Waals surface area (Å²) in [7, 11) is 0. The quantitative estimate of drug-likeness (QED) is 0.649. The van der Waals surface area contributed by atoms with Gasteiger partial charge in [-0.2, -0.15) is 0 Å². The topological polar surface area (TPSA) is 101 Å². The van der Waals surface area contributed by atoms with E-state index in [0.29, 0.717) is 5.56 Å². The number of nitrogens with zero attached hydrogens (tertiary/aromatic N) is 1. The summed E-state index contributed by atoms with van der Waals surface area (Å²) in [5.41, 5.74) is 0.306. The third kappa shape index (κ3) is 4.13. The number of carbonyl (C=O) groups is 2. The fraction of sp³-hybridized carbons (Fsp3) is 0.125. The second kappa shape index (κ2) is 7.32. The zero-order chi connectivity index (χ0) is 17.7. The standard InChI is InChI=1S/C16H14FN3O4/c1-10-6-7-11(8-14(10)20(23)24)16(22)18-9-15(21)19-13-5-3-2-4-12(13)17/h2-8H,9H2,1H3,(H,18,22)(H,19,21). The van der Waals surface area contributed by atoms with E-state index in [-0.39, 0.29) is 16.9 Å². The first-order valence-electron chi connectivity index (χ1n) is 6.96. The summed E-state index contributed by atoms with van der Waals surface area (Å²) in [6.07, 6.45) is 0. The number of nitro groups is 1. The summed E-state index contributed by atoms with van der Waals surface area (Å²) in [5, 5.41) is 15.5. The smallest absolute Gasteiger partial charge is 0.273 e. The van der Waals surface area contributed by atoms with Gasteiger partial charge in [0.15, 0.2) is 0 Å². The third-order valence-electron chi connectivity index (χ3n) is 3.23. The van der Waals surface area contributed by atoms with E-state index in [2.05, 4.69) is 10.6 Å². The van der Waals surface area contributed by atoms with Crippen LogP contribution in [0.2, 0.25) is 0 Å². The minimum atomic E-state index is -0.637. The highest BCUT2D eigenvalue weighted by molar-refractivity contribution is 5.99. The summed E-state index contributed by atoms with van der Waals surface area (Å²) in [4.78, 5) is 34.0. The fourth-order valence-corrected chi connectivity index (χ4v) is 1.97. The molecule has 124 valence electrons. The van der Waals surface area contributed by atoms with Gasteiger partial charge < -0.3 is 10.6 Å². The van der Waals surface area contributed by atoms with Crippen molar-refractivity contribution >= 4 is 23.2 Å².